The van der Waals surface area contributed by atoms with E-state index in [1.807, 2.05) is 0 Å². The Bertz CT molecular complexity index is 970. The second-order valence-electron chi connectivity index (χ2n) is 7.37. The third kappa shape index (κ3) is 5.20. The van der Waals surface area contributed by atoms with Crippen molar-refractivity contribution < 1.29 is 27.2 Å². The van der Waals surface area contributed by atoms with E-state index in [1.165, 1.54) is 32.3 Å². The third-order valence-corrected chi connectivity index (χ3v) is 5.44. The molecule has 0 aliphatic carbocycles. The van der Waals surface area contributed by atoms with Crippen molar-refractivity contribution >= 4 is 27.6 Å². The zero-order chi connectivity index (χ0) is 21.1. The average molecular weight is 408 g/mol. The standard InChI is InChI=1S/C19H24N2O6S/c1-19(2,3)18(23)20-14-8-6-7-13(11-14)17(22)26-12-15-9-10-16(27-15)28(24,25)21(4)5/h6-11H,12H2,1-5H3,(H,20,23). The lowest BCUT2D eigenvalue weighted by Gasteiger charge is -2.17. The molecule has 9 heteroatoms. The van der Waals surface area contributed by atoms with Crippen molar-refractivity contribution in [2.45, 2.75) is 32.5 Å². The van der Waals surface area contributed by atoms with Crippen molar-refractivity contribution in [2.75, 3.05) is 19.4 Å². The molecule has 0 aliphatic heterocycles. The van der Waals surface area contributed by atoms with E-state index < -0.39 is 21.4 Å². The normalized spacial score (nSPS) is 12.1. The summed E-state index contributed by atoms with van der Waals surface area (Å²) in [5, 5.41) is 2.52. The number of carbonyl (C=O) groups is 2. The number of esters is 1. The number of ether oxygens (including phenoxy) is 1. The molecule has 0 aliphatic rings. The van der Waals surface area contributed by atoms with E-state index in [4.69, 9.17) is 9.15 Å². The molecule has 2 rings (SSSR count). The van der Waals surface area contributed by atoms with Crippen LogP contribution < -0.4 is 5.32 Å². The molecule has 1 N–H and O–H groups in total. The van der Waals surface area contributed by atoms with Gasteiger partial charge >= 0.3 is 5.97 Å². The summed E-state index contributed by atoms with van der Waals surface area (Å²) in [4.78, 5) is 24.3. The zero-order valence-electron chi connectivity index (χ0n) is 16.5. The first-order valence-electron chi connectivity index (χ1n) is 8.51. The van der Waals surface area contributed by atoms with Gasteiger partial charge in [0.2, 0.25) is 11.0 Å². The Hall–Kier alpha value is -2.65. The van der Waals surface area contributed by atoms with Gasteiger partial charge in [-0.2, -0.15) is 0 Å². The average Bonchev–Trinajstić information content (AvgIpc) is 3.08. The van der Waals surface area contributed by atoms with Crippen LogP contribution in [-0.2, 0) is 26.2 Å². The second-order valence-corrected chi connectivity index (χ2v) is 9.45. The molecule has 0 radical (unpaired) electrons. The predicted octanol–water partition coefficient (Wildman–Crippen LogP) is 2.87. The van der Waals surface area contributed by atoms with E-state index in [1.54, 1.807) is 39.0 Å². The van der Waals surface area contributed by atoms with Crippen molar-refractivity contribution in [2.24, 2.45) is 5.41 Å². The number of hydrogen-bond donors (Lipinski definition) is 1. The summed E-state index contributed by atoms with van der Waals surface area (Å²) in [6, 6.07) is 9.11. The lowest BCUT2D eigenvalue weighted by Crippen LogP contribution is -2.27. The topological polar surface area (TPSA) is 106 Å². The van der Waals surface area contributed by atoms with Crippen LogP contribution >= 0.6 is 0 Å². The van der Waals surface area contributed by atoms with E-state index in [2.05, 4.69) is 5.32 Å². The number of rotatable bonds is 6. The second kappa shape index (κ2) is 8.15. The van der Waals surface area contributed by atoms with Crippen molar-refractivity contribution in [3.05, 3.63) is 47.7 Å². The van der Waals surface area contributed by atoms with Crippen LogP contribution in [0.15, 0.2) is 45.9 Å². The molecule has 1 heterocycles. The minimum Gasteiger partial charge on any atom is -0.454 e. The largest absolute Gasteiger partial charge is 0.454 e. The summed E-state index contributed by atoms with van der Waals surface area (Å²) in [6.45, 7) is 5.14. The van der Waals surface area contributed by atoms with E-state index in [0.717, 1.165) is 4.31 Å². The molecule has 8 nitrogen and oxygen atoms in total. The Kier molecular flexibility index (Phi) is 6.30. The minimum atomic E-state index is -3.69. The maximum atomic E-state index is 12.3. The van der Waals surface area contributed by atoms with Crippen molar-refractivity contribution in [1.82, 2.24) is 4.31 Å². The number of anilines is 1. The summed E-state index contributed by atoms with van der Waals surface area (Å²) in [7, 11) is -0.906. The van der Waals surface area contributed by atoms with Crippen molar-refractivity contribution in [3.8, 4) is 0 Å². The predicted molar refractivity (Wildman–Crippen MR) is 103 cm³/mol. The Morgan fingerprint density at radius 1 is 1.14 bits per heavy atom. The molecule has 0 spiro atoms. The van der Waals surface area contributed by atoms with Gasteiger partial charge in [0.1, 0.15) is 12.4 Å². The molecule has 1 aromatic heterocycles. The highest BCUT2D eigenvalue weighted by Crippen LogP contribution is 2.20. The number of hydrogen-bond acceptors (Lipinski definition) is 6. The van der Waals surface area contributed by atoms with Crippen LogP contribution in [-0.4, -0.2) is 38.7 Å². The molecule has 28 heavy (non-hydrogen) atoms. The minimum absolute atomic E-state index is 0.178. The quantitative estimate of drug-likeness (QED) is 0.737. The van der Waals surface area contributed by atoms with E-state index >= 15 is 0 Å². The summed E-state index contributed by atoms with van der Waals surface area (Å²) >= 11 is 0. The van der Waals surface area contributed by atoms with Gasteiger partial charge in [-0.15, -0.1) is 0 Å². The van der Waals surface area contributed by atoms with Crippen LogP contribution in [0.2, 0.25) is 0 Å². The van der Waals surface area contributed by atoms with Gasteiger partial charge in [0.15, 0.2) is 0 Å². The maximum Gasteiger partial charge on any atom is 0.338 e. The monoisotopic (exact) mass is 408 g/mol. The number of nitrogens with zero attached hydrogens (tertiary/aromatic N) is 1. The number of sulfonamides is 1. The van der Waals surface area contributed by atoms with Gasteiger partial charge in [-0.1, -0.05) is 26.8 Å². The highest BCUT2D eigenvalue weighted by molar-refractivity contribution is 7.88. The number of furan rings is 1. The fourth-order valence-electron chi connectivity index (χ4n) is 2.02. The van der Waals surface area contributed by atoms with Crippen LogP contribution in [0.4, 0.5) is 5.69 Å². The molecular weight excluding hydrogens is 384 g/mol. The van der Waals surface area contributed by atoms with Crippen molar-refractivity contribution in [3.63, 3.8) is 0 Å². The molecule has 0 unspecified atom stereocenters. The van der Waals surface area contributed by atoms with Crippen molar-refractivity contribution in [1.29, 1.82) is 0 Å². The van der Waals surface area contributed by atoms with Gasteiger partial charge < -0.3 is 14.5 Å². The molecule has 152 valence electrons. The van der Waals surface area contributed by atoms with E-state index in [0.29, 0.717) is 5.69 Å². The highest BCUT2D eigenvalue weighted by Gasteiger charge is 2.23. The lowest BCUT2D eigenvalue weighted by molar-refractivity contribution is -0.123. The van der Waals surface area contributed by atoms with Gasteiger partial charge in [-0.3, -0.25) is 4.79 Å². The summed E-state index contributed by atoms with van der Waals surface area (Å²) < 4.78 is 35.4. The summed E-state index contributed by atoms with van der Waals surface area (Å²) in [5.41, 5.74) is 0.159. The Balaban J connectivity index is 2.04. The number of amides is 1. The fourth-order valence-corrected chi connectivity index (χ4v) is 2.83. The van der Waals surface area contributed by atoms with Gasteiger partial charge in [-0.25, -0.2) is 17.5 Å². The first kappa shape index (κ1) is 21.6. The fraction of sp³-hybridized carbons (Fsp3) is 0.368. The smallest absolute Gasteiger partial charge is 0.338 e. The van der Waals surface area contributed by atoms with Gasteiger partial charge in [0.25, 0.3) is 10.0 Å². The van der Waals surface area contributed by atoms with Gasteiger partial charge in [-0.05, 0) is 30.3 Å². The van der Waals surface area contributed by atoms with Crippen LogP contribution in [0, 0.1) is 5.41 Å². The molecule has 1 aromatic carbocycles. The van der Waals surface area contributed by atoms with Gasteiger partial charge in [0.05, 0.1) is 5.56 Å². The summed E-state index contributed by atoms with van der Waals surface area (Å²) in [6.07, 6.45) is 0. The van der Waals surface area contributed by atoms with Crippen LogP contribution in [0.5, 0.6) is 0 Å². The number of benzene rings is 1. The summed E-state index contributed by atoms with van der Waals surface area (Å²) in [5.74, 6) is -0.602. The molecule has 0 bridgehead atoms. The molecular formula is C19H24N2O6S. The number of carbonyl (C=O) groups excluding carboxylic acids is 2. The van der Waals surface area contributed by atoms with Crippen LogP contribution in [0.3, 0.4) is 0 Å². The number of nitrogens with one attached hydrogen (secondary N) is 1. The Morgan fingerprint density at radius 2 is 1.82 bits per heavy atom. The van der Waals surface area contributed by atoms with E-state index in [9.17, 15) is 18.0 Å². The Morgan fingerprint density at radius 3 is 2.43 bits per heavy atom. The molecule has 1 amide bonds. The van der Waals surface area contributed by atoms with Crippen LogP contribution in [0.25, 0.3) is 0 Å². The SMILES string of the molecule is CN(C)S(=O)(=O)c1ccc(COC(=O)c2cccc(NC(=O)C(C)(C)C)c2)o1. The molecule has 0 fully saturated rings. The highest BCUT2D eigenvalue weighted by atomic mass is 32.2. The maximum absolute atomic E-state index is 12.3. The molecule has 0 atom stereocenters. The third-order valence-electron chi connectivity index (χ3n) is 3.75. The first-order valence-corrected chi connectivity index (χ1v) is 9.95. The first-order chi connectivity index (χ1) is 12.9. The Labute approximate surface area is 164 Å². The zero-order valence-corrected chi connectivity index (χ0v) is 17.3. The molecule has 0 saturated heterocycles. The molecule has 2 aromatic rings. The van der Waals surface area contributed by atoms with Gasteiger partial charge in [0, 0.05) is 25.2 Å². The molecule has 0 saturated carbocycles. The van der Waals surface area contributed by atoms with Crippen LogP contribution in [0.1, 0.15) is 36.9 Å². The van der Waals surface area contributed by atoms with E-state index in [-0.39, 0.29) is 28.9 Å². The lowest BCUT2D eigenvalue weighted by atomic mass is 9.95.